The van der Waals surface area contributed by atoms with Crippen LogP contribution in [-0.4, -0.2) is 17.0 Å². The van der Waals surface area contributed by atoms with E-state index in [1.165, 1.54) is 13.0 Å². The highest BCUT2D eigenvalue weighted by Crippen LogP contribution is 2.39. The Morgan fingerprint density at radius 2 is 1.89 bits per heavy atom. The van der Waals surface area contributed by atoms with Crippen LogP contribution >= 0.6 is 0 Å². The number of aliphatic carboxylic acids is 1. The van der Waals surface area contributed by atoms with E-state index >= 15 is 0 Å². The summed E-state index contributed by atoms with van der Waals surface area (Å²) in [5, 5.41) is 9.37. The summed E-state index contributed by atoms with van der Waals surface area (Å²) in [6.07, 6.45) is 6.47. The minimum absolute atomic E-state index is 0.518. The van der Waals surface area contributed by atoms with E-state index in [0.717, 1.165) is 0 Å². The lowest BCUT2D eigenvalue weighted by Crippen LogP contribution is -2.42. The molecule has 98 valence electrons. The fourth-order valence-corrected chi connectivity index (χ4v) is 2.25. The molecule has 0 amide bonds. The van der Waals surface area contributed by atoms with E-state index in [-0.39, 0.29) is 0 Å². The van der Waals surface area contributed by atoms with Crippen LogP contribution in [0.1, 0.15) is 12.5 Å². The van der Waals surface area contributed by atoms with Crippen molar-refractivity contribution in [2.75, 3.05) is 0 Å². The van der Waals surface area contributed by atoms with Crippen LogP contribution in [-0.2, 0) is 19.9 Å². The fraction of sp³-hybridized carbons (Fsp3) is 0.200. The summed E-state index contributed by atoms with van der Waals surface area (Å²) < 4.78 is 5.38. The summed E-state index contributed by atoms with van der Waals surface area (Å²) in [6, 6.07) is 8.89. The molecule has 4 nitrogen and oxygen atoms in total. The average Bonchev–Trinajstić information content (AvgIpc) is 2.39. The number of carbonyl (C=O) groups excluding carboxylic acids is 1. The van der Waals surface area contributed by atoms with Crippen molar-refractivity contribution in [1.29, 1.82) is 0 Å². The molecule has 1 aliphatic carbocycles. The van der Waals surface area contributed by atoms with Crippen molar-refractivity contribution in [3.8, 4) is 0 Å². The quantitative estimate of drug-likeness (QED) is 0.845. The molecule has 0 saturated carbocycles. The second-order valence-electron chi connectivity index (χ2n) is 4.31. The molecule has 0 aromatic heterocycles. The molecule has 0 spiro atoms. The Morgan fingerprint density at radius 1 is 1.21 bits per heavy atom. The smallest absolute Gasteiger partial charge is 0.315 e. The fourth-order valence-electron chi connectivity index (χ4n) is 2.25. The molecule has 0 heterocycles. The average molecular weight is 258 g/mol. The van der Waals surface area contributed by atoms with E-state index in [2.05, 4.69) is 0 Å². The van der Waals surface area contributed by atoms with Gasteiger partial charge in [-0.3, -0.25) is 9.59 Å². The maximum atomic E-state index is 11.4. The second kappa shape index (κ2) is 5.10. The summed E-state index contributed by atoms with van der Waals surface area (Å²) in [6.45, 7) is 1.27. The molecular formula is C15H14O4. The van der Waals surface area contributed by atoms with Gasteiger partial charge in [0.25, 0.3) is 0 Å². The number of allylic oxidation sites excluding steroid dienone is 2. The predicted molar refractivity (Wildman–Crippen MR) is 69.3 cm³/mol. The van der Waals surface area contributed by atoms with Crippen molar-refractivity contribution in [1.82, 2.24) is 0 Å². The first kappa shape index (κ1) is 13.1. The molecule has 1 N–H and O–H groups in total. The molecule has 0 saturated heterocycles. The van der Waals surface area contributed by atoms with Crippen molar-refractivity contribution in [3.63, 3.8) is 0 Å². The van der Waals surface area contributed by atoms with Crippen molar-refractivity contribution in [3.05, 3.63) is 60.2 Å². The van der Waals surface area contributed by atoms with Gasteiger partial charge in [-0.05, 0) is 6.08 Å². The third kappa shape index (κ3) is 2.42. The minimum Gasteiger partial charge on any atom is -0.481 e. The number of carbonyl (C=O) groups is 2. The van der Waals surface area contributed by atoms with Gasteiger partial charge < -0.3 is 9.84 Å². The van der Waals surface area contributed by atoms with Gasteiger partial charge in [0.15, 0.2) is 5.60 Å². The zero-order valence-corrected chi connectivity index (χ0v) is 10.4. The summed E-state index contributed by atoms with van der Waals surface area (Å²) in [5.41, 5.74) is -0.647. The number of esters is 1. The SMILES string of the molecule is CC(=O)OC1(c2ccccc2)C=CC=CC1C(=O)O. The highest BCUT2D eigenvalue weighted by Gasteiger charge is 2.45. The van der Waals surface area contributed by atoms with Gasteiger partial charge in [-0.2, -0.15) is 0 Å². The second-order valence-corrected chi connectivity index (χ2v) is 4.31. The maximum absolute atomic E-state index is 11.4. The Kier molecular flexibility index (Phi) is 3.51. The van der Waals surface area contributed by atoms with E-state index in [1.54, 1.807) is 42.5 Å². The highest BCUT2D eigenvalue weighted by atomic mass is 16.6. The van der Waals surface area contributed by atoms with Crippen LogP contribution in [0.5, 0.6) is 0 Å². The molecule has 2 unspecified atom stereocenters. The molecule has 0 bridgehead atoms. The van der Waals surface area contributed by atoms with Gasteiger partial charge in [-0.15, -0.1) is 0 Å². The molecule has 0 radical (unpaired) electrons. The number of rotatable bonds is 3. The van der Waals surface area contributed by atoms with Gasteiger partial charge in [0, 0.05) is 12.5 Å². The molecular weight excluding hydrogens is 244 g/mol. The van der Waals surface area contributed by atoms with Crippen LogP contribution in [0.15, 0.2) is 54.6 Å². The van der Waals surface area contributed by atoms with Gasteiger partial charge >= 0.3 is 11.9 Å². The number of hydrogen-bond acceptors (Lipinski definition) is 3. The Hall–Kier alpha value is -2.36. The Balaban J connectivity index is 2.57. The largest absolute Gasteiger partial charge is 0.481 e. The van der Waals surface area contributed by atoms with Gasteiger partial charge in [0.1, 0.15) is 5.92 Å². The summed E-state index contributed by atoms with van der Waals surface area (Å²) >= 11 is 0. The van der Waals surface area contributed by atoms with Crippen LogP contribution in [0.4, 0.5) is 0 Å². The van der Waals surface area contributed by atoms with E-state index in [0.29, 0.717) is 5.56 Å². The molecule has 19 heavy (non-hydrogen) atoms. The Labute approximate surface area is 111 Å². The first-order chi connectivity index (χ1) is 9.06. The highest BCUT2D eigenvalue weighted by molar-refractivity contribution is 5.77. The molecule has 2 rings (SSSR count). The molecule has 2 atom stereocenters. The number of ether oxygens (including phenoxy) is 1. The van der Waals surface area contributed by atoms with E-state index < -0.39 is 23.5 Å². The Morgan fingerprint density at radius 3 is 2.47 bits per heavy atom. The maximum Gasteiger partial charge on any atom is 0.315 e. The zero-order chi connectivity index (χ0) is 13.9. The number of benzene rings is 1. The Bertz CT molecular complexity index is 545. The number of carboxylic acid groups (broad SMARTS) is 1. The van der Waals surface area contributed by atoms with Gasteiger partial charge in [0.2, 0.25) is 0 Å². The molecule has 1 aromatic rings. The lowest BCUT2D eigenvalue weighted by atomic mass is 9.78. The normalized spacial score (nSPS) is 25.0. The van der Waals surface area contributed by atoms with Crippen molar-refractivity contribution in [2.24, 2.45) is 5.92 Å². The molecule has 0 fully saturated rings. The summed E-state index contributed by atoms with van der Waals surface area (Å²) in [4.78, 5) is 22.8. The van der Waals surface area contributed by atoms with Gasteiger partial charge in [-0.25, -0.2) is 0 Å². The van der Waals surface area contributed by atoms with Crippen molar-refractivity contribution < 1.29 is 19.4 Å². The predicted octanol–water partition coefficient (Wildman–Crippen LogP) is 2.27. The van der Waals surface area contributed by atoms with E-state index in [9.17, 15) is 14.7 Å². The first-order valence-electron chi connectivity index (χ1n) is 5.90. The molecule has 0 aliphatic heterocycles. The van der Waals surface area contributed by atoms with Crippen LogP contribution in [0.25, 0.3) is 0 Å². The van der Waals surface area contributed by atoms with Crippen LogP contribution in [0, 0.1) is 5.92 Å². The molecule has 4 heteroatoms. The van der Waals surface area contributed by atoms with Crippen molar-refractivity contribution in [2.45, 2.75) is 12.5 Å². The van der Waals surface area contributed by atoms with Crippen LogP contribution in [0.2, 0.25) is 0 Å². The molecule has 1 aromatic carbocycles. The van der Waals surface area contributed by atoms with E-state index in [1.807, 2.05) is 6.07 Å². The van der Waals surface area contributed by atoms with E-state index in [4.69, 9.17) is 4.74 Å². The zero-order valence-electron chi connectivity index (χ0n) is 10.4. The standard InChI is InChI=1S/C15H14O4/c1-11(16)19-15(12-7-3-2-4-8-12)10-6-5-9-13(15)14(17)18/h2-10,13H,1H3,(H,17,18). The minimum atomic E-state index is -1.28. The topological polar surface area (TPSA) is 63.6 Å². The molecule has 1 aliphatic rings. The first-order valence-corrected chi connectivity index (χ1v) is 5.90. The third-order valence-corrected chi connectivity index (χ3v) is 3.02. The number of hydrogen-bond donors (Lipinski definition) is 1. The lowest BCUT2D eigenvalue weighted by Gasteiger charge is -2.35. The lowest BCUT2D eigenvalue weighted by molar-refractivity contribution is -0.164. The monoisotopic (exact) mass is 258 g/mol. The van der Waals surface area contributed by atoms with Gasteiger partial charge in [-0.1, -0.05) is 48.6 Å². The number of carboxylic acids is 1. The summed E-state index contributed by atoms with van der Waals surface area (Å²) in [5.74, 6) is -2.50. The van der Waals surface area contributed by atoms with Crippen molar-refractivity contribution >= 4 is 11.9 Å². The van der Waals surface area contributed by atoms with Crippen LogP contribution in [0.3, 0.4) is 0 Å². The third-order valence-electron chi connectivity index (χ3n) is 3.02. The summed E-state index contributed by atoms with van der Waals surface area (Å²) in [7, 11) is 0. The van der Waals surface area contributed by atoms with Gasteiger partial charge in [0.05, 0.1) is 0 Å². The van der Waals surface area contributed by atoms with Crippen LogP contribution < -0.4 is 0 Å².